The predicted molar refractivity (Wildman–Crippen MR) is 80.7 cm³/mol. The highest BCUT2D eigenvalue weighted by atomic mass is 35.5. The molecule has 0 saturated carbocycles. The Hall–Kier alpha value is -1.65. The second kappa shape index (κ2) is 4.47. The summed E-state index contributed by atoms with van der Waals surface area (Å²) in [6, 6.07) is 9.83. The van der Waals surface area contributed by atoms with E-state index >= 15 is 0 Å². The highest BCUT2D eigenvalue weighted by Gasteiger charge is 2.09. The lowest BCUT2D eigenvalue weighted by Gasteiger charge is -2.06. The average molecular weight is 290 g/mol. The Bertz CT molecular complexity index is 832. The lowest BCUT2D eigenvalue weighted by molar-refractivity contribution is 1.03. The molecule has 3 aromatic rings. The van der Waals surface area contributed by atoms with Crippen LogP contribution in [-0.4, -0.2) is 14.5 Å². The molecule has 0 aliphatic carbocycles. The summed E-state index contributed by atoms with van der Waals surface area (Å²) in [4.78, 5) is 7.71. The van der Waals surface area contributed by atoms with Crippen molar-refractivity contribution in [2.75, 3.05) is 0 Å². The molecule has 0 saturated heterocycles. The number of aryl methyl sites for hydroxylation is 2. The van der Waals surface area contributed by atoms with Crippen LogP contribution in [-0.2, 0) is 0 Å². The summed E-state index contributed by atoms with van der Waals surface area (Å²) in [5.74, 6) is 0. The van der Waals surface area contributed by atoms with Crippen molar-refractivity contribution in [2.45, 2.75) is 13.8 Å². The highest BCUT2D eigenvalue weighted by Crippen LogP contribution is 2.23. The summed E-state index contributed by atoms with van der Waals surface area (Å²) in [5.41, 5.74) is 4.66. The number of hydrogen-bond donors (Lipinski definition) is 1. The SMILES string of the molecule is Cc1ccc2[nH]c(=S)n(-c3ccc(C)c(Cl)c3)c2n1. The first kappa shape index (κ1) is 12.4. The molecule has 0 fully saturated rings. The number of rotatable bonds is 1. The Balaban J connectivity index is 2.35. The van der Waals surface area contributed by atoms with Crippen LogP contribution in [0.25, 0.3) is 16.9 Å². The lowest BCUT2D eigenvalue weighted by atomic mass is 10.2. The van der Waals surface area contributed by atoms with E-state index in [1.54, 1.807) is 0 Å². The number of aromatic nitrogens is 3. The standard InChI is InChI=1S/C14H12ClN3S/c1-8-3-5-10(7-11(8)15)18-13-12(17-14(18)19)6-4-9(2)16-13/h3-7H,1-2H3,(H,17,19). The van der Waals surface area contributed by atoms with Gasteiger partial charge < -0.3 is 4.98 Å². The molecule has 1 N–H and O–H groups in total. The Morgan fingerprint density at radius 3 is 2.74 bits per heavy atom. The molecule has 19 heavy (non-hydrogen) atoms. The quantitative estimate of drug-likeness (QED) is 0.676. The van der Waals surface area contributed by atoms with Crippen LogP contribution in [0.4, 0.5) is 0 Å². The number of hydrogen-bond acceptors (Lipinski definition) is 2. The van der Waals surface area contributed by atoms with Gasteiger partial charge in [0.15, 0.2) is 10.4 Å². The summed E-state index contributed by atoms with van der Waals surface area (Å²) < 4.78 is 2.52. The number of nitrogens with one attached hydrogen (secondary N) is 1. The number of H-pyrrole nitrogens is 1. The zero-order valence-corrected chi connectivity index (χ0v) is 12.1. The van der Waals surface area contributed by atoms with Gasteiger partial charge in [-0.05, 0) is 55.9 Å². The first-order chi connectivity index (χ1) is 9.06. The number of aromatic amines is 1. The lowest BCUT2D eigenvalue weighted by Crippen LogP contribution is -1.96. The Morgan fingerprint density at radius 2 is 2.00 bits per heavy atom. The fraction of sp³-hybridized carbons (Fsp3) is 0.143. The van der Waals surface area contributed by atoms with Crippen molar-refractivity contribution < 1.29 is 0 Å². The third-order valence-electron chi connectivity index (χ3n) is 3.08. The molecule has 0 aliphatic heterocycles. The van der Waals surface area contributed by atoms with Gasteiger partial charge in [-0.1, -0.05) is 17.7 Å². The third-order valence-corrected chi connectivity index (χ3v) is 3.78. The maximum absolute atomic E-state index is 6.19. The molecule has 3 rings (SSSR count). The molecule has 3 nitrogen and oxygen atoms in total. The van der Waals surface area contributed by atoms with E-state index in [0.717, 1.165) is 33.1 Å². The molecule has 0 amide bonds. The van der Waals surface area contributed by atoms with Gasteiger partial charge in [0.25, 0.3) is 0 Å². The fourth-order valence-corrected chi connectivity index (χ4v) is 2.52. The van der Waals surface area contributed by atoms with E-state index in [2.05, 4.69) is 9.97 Å². The summed E-state index contributed by atoms with van der Waals surface area (Å²) in [5, 5.41) is 0.724. The van der Waals surface area contributed by atoms with Gasteiger partial charge in [-0.3, -0.25) is 4.57 Å². The number of imidazole rings is 1. The van der Waals surface area contributed by atoms with Gasteiger partial charge in [-0.25, -0.2) is 4.98 Å². The number of fused-ring (bicyclic) bond motifs is 1. The van der Waals surface area contributed by atoms with E-state index in [4.69, 9.17) is 23.8 Å². The Labute approximate surface area is 120 Å². The van der Waals surface area contributed by atoms with Crippen LogP contribution in [0.1, 0.15) is 11.3 Å². The van der Waals surface area contributed by atoms with Gasteiger partial charge in [0.1, 0.15) is 0 Å². The molecule has 0 spiro atoms. The topological polar surface area (TPSA) is 33.6 Å². The van der Waals surface area contributed by atoms with Gasteiger partial charge >= 0.3 is 0 Å². The maximum Gasteiger partial charge on any atom is 0.183 e. The van der Waals surface area contributed by atoms with Crippen molar-refractivity contribution in [2.24, 2.45) is 0 Å². The van der Waals surface area contributed by atoms with Crippen molar-refractivity contribution in [3.8, 4) is 5.69 Å². The van der Waals surface area contributed by atoms with Crippen LogP contribution >= 0.6 is 23.8 Å². The van der Waals surface area contributed by atoms with Crippen molar-refractivity contribution in [1.29, 1.82) is 0 Å². The molecule has 0 radical (unpaired) electrons. The summed E-state index contributed by atoms with van der Waals surface area (Å²) in [6.07, 6.45) is 0. The molecule has 0 bridgehead atoms. The average Bonchev–Trinajstić information content (AvgIpc) is 2.68. The van der Waals surface area contributed by atoms with Gasteiger partial charge in [0.05, 0.1) is 11.2 Å². The zero-order valence-electron chi connectivity index (χ0n) is 10.6. The second-order valence-corrected chi connectivity index (χ2v) is 5.32. The first-order valence-electron chi connectivity index (χ1n) is 5.91. The summed E-state index contributed by atoms with van der Waals surface area (Å²) in [7, 11) is 0. The Kier molecular flexibility index (Phi) is 2.92. The second-order valence-electron chi connectivity index (χ2n) is 4.52. The Morgan fingerprint density at radius 1 is 1.21 bits per heavy atom. The van der Waals surface area contributed by atoms with Crippen LogP contribution in [0.15, 0.2) is 30.3 Å². The molecule has 96 valence electrons. The predicted octanol–water partition coefficient (Wildman–Crippen LogP) is 4.35. The molecular weight excluding hydrogens is 278 g/mol. The largest absolute Gasteiger partial charge is 0.329 e. The van der Waals surface area contributed by atoms with Crippen molar-refractivity contribution in [1.82, 2.24) is 14.5 Å². The minimum atomic E-state index is 0.619. The van der Waals surface area contributed by atoms with Crippen molar-refractivity contribution >= 4 is 35.0 Å². The van der Waals surface area contributed by atoms with Crippen LogP contribution in [0.5, 0.6) is 0 Å². The third kappa shape index (κ3) is 2.07. The minimum absolute atomic E-state index is 0.619. The van der Waals surface area contributed by atoms with Gasteiger partial charge in [0, 0.05) is 10.7 Å². The maximum atomic E-state index is 6.19. The first-order valence-corrected chi connectivity index (χ1v) is 6.70. The van der Waals surface area contributed by atoms with E-state index in [-0.39, 0.29) is 0 Å². The molecule has 0 aliphatic rings. The van der Waals surface area contributed by atoms with Crippen LogP contribution in [0.3, 0.4) is 0 Å². The van der Waals surface area contributed by atoms with E-state index < -0.39 is 0 Å². The van der Waals surface area contributed by atoms with Gasteiger partial charge in [0.2, 0.25) is 0 Å². The van der Waals surface area contributed by atoms with Gasteiger partial charge in [-0.15, -0.1) is 0 Å². The minimum Gasteiger partial charge on any atom is -0.329 e. The van der Waals surface area contributed by atoms with Crippen molar-refractivity contribution in [3.05, 3.63) is 51.4 Å². The molecular formula is C14H12ClN3S. The van der Waals surface area contributed by atoms with Gasteiger partial charge in [-0.2, -0.15) is 0 Å². The van der Waals surface area contributed by atoms with Crippen LogP contribution in [0.2, 0.25) is 5.02 Å². The molecule has 2 aromatic heterocycles. The van der Waals surface area contributed by atoms with E-state index in [1.165, 1.54) is 0 Å². The van der Waals surface area contributed by atoms with E-state index in [1.807, 2.05) is 48.7 Å². The van der Waals surface area contributed by atoms with Crippen LogP contribution in [0, 0.1) is 18.6 Å². The molecule has 5 heteroatoms. The highest BCUT2D eigenvalue weighted by molar-refractivity contribution is 7.71. The monoisotopic (exact) mass is 289 g/mol. The van der Waals surface area contributed by atoms with Crippen LogP contribution < -0.4 is 0 Å². The summed E-state index contributed by atoms with van der Waals surface area (Å²) >= 11 is 11.6. The normalized spacial score (nSPS) is 11.1. The molecule has 0 atom stereocenters. The van der Waals surface area contributed by atoms with E-state index in [9.17, 15) is 0 Å². The summed E-state index contributed by atoms with van der Waals surface area (Å²) in [6.45, 7) is 3.94. The number of halogens is 1. The number of benzene rings is 1. The number of pyridine rings is 1. The van der Waals surface area contributed by atoms with Crippen molar-refractivity contribution in [3.63, 3.8) is 0 Å². The fourth-order valence-electron chi connectivity index (χ4n) is 2.04. The van der Waals surface area contributed by atoms with E-state index in [0.29, 0.717) is 4.77 Å². The smallest absolute Gasteiger partial charge is 0.183 e. The number of nitrogens with zero attached hydrogens (tertiary/aromatic N) is 2. The zero-order chi connectivity index (χ0) is 13.6. The molecule has 2 heterocycles. The molecule has 0 unspecified atom stereocenters. The molecule has 1 aromatic carbocycles.